The fourth-order valence-corrected chi connectivity index (χ4v) is 3.87. The van der Waals surface area contributed by atoms with Crippen LogP contribution in [0.25, 0.3) is 0 Å². The molecule has 1 fully saturated rings. The Balaban J connectivity index is 1.78. The molecule has 5 nitrogen and oxygen atoms in total. The number of pyridine rings is 1. The number of nitriles is 1. The van der Waals surface area contributed by atoms with E-state index in [0.717, 1.165) is 49.2 Å². The van der Waals surface area contributed by atoms with Crippen molar-refractivity contribution in [1.29, 1.82) is 5.26 Å². The molecule has 0 bridgehead atoms. The molecule has 32 heavy (non-hydrogen) atoms. The maximum Gasteiger partial charge on any atom is 0.407 e. The Bertz CT molecular complexity index is 942. The van der Waals surface area contributed by atoms with Crippen LogP contribution in [0.4, 0.5) is 24.5 Å². The van der Waals surface area contributed by atoms with Crippen LogP contribution in [0, 0.1) is 18.3 Å². The van der Waals surface area contributed by atoms with Crippen LogP contribution in [0.3, 0.4) is 0 Å². The first-order chi connectivity index (χ1) is 15.1. The van der Waals surface area contributed by atoms with Crippen LogP contribution in [0.1, 0.15) is 56.4 Å². The quantitative estimate of drug-likeness (QED) is 0.513. The molecule has 0 amide bonds. The maximum absolute atomic E-state index is 13.0. The molecule has 2 N–H and O–H groups in total. The smallest absolute Gasteiger partial charge is 0.362 e. The Hall–Kier alpha value is -2.79. The van der Waals surface area contributed by atoms with Crippen molar-refractivity contribution in [3.8, 4) is 6.07 Å². The van der Waals surface area contributed by atoms with Crippen molar-refractivity contribution in [2.24, 2.45) is 0 Å². The molecule has 0 saturated heterocycles. The zero-order valence-corrected chi connectivity index (χ0v) is 18.8. The first-order valence-electron chi connectivity index (χ1n) is 10.9. The third-order valence-electron chi connectivity index (χ3n) is 5.97. The standard InChI is InChI=1S/C24H30F3N5/c1-17-8-9-18(12-13-28)22(14-17)32(21-6-4-5-7-21)16-20-11-10-19(15-29-20)30-31-23(2,3)24(25,26)27/h8-11,14-15,21,30-31H,4-7,12,16H2,1-3H3. The minimum Gasteiger partial charge on any atom is -0.362 e. The van der Waals surface area contributed by atoms with Gasteiger partial charge in [0.25, 0.3) is 0 Å². The minimum absolute atomic E-state index is 0.343. The van der Waals surface area contributed by atoms with Gasteiger partial charge in [0.05, 0.1) is 36.6 Å². The van der Waals surface area contributed by atoms with Crippen LogP contribution in [0.2, 0.25) is 0 Å². The van der Waals surface area contributed by atoms with Crippen molar-refractivity contribution in [3.63, 3.8) is 0 Å². The maximum atomic E-state index is 13.0. The number of hydrazine groups is 1. The van der Waals surface area contributed by atoms with Crippen LogP contribution in [-0.4, -0.2) is 22.7 Å². The van der Waals surface area contributed by atoms with E-state index < -0.39 is 11.7 Å². The van der Waals surface area contributed by atoms with E-state index in [4.69, 9.17) is 0 Å². The van der Waals surface area contributed by atoms with E-state index in [-0.39, 0.29) is 0 Å². The van der Waals surface area contributed by atoms with Gasteiger partial charge in [0.15, 0.2) is 0 Å². The summed E-state index contributed by atoms with van der Waals surface area (Å²) in [7, 11) is 0. The summed E-state index contributed by atoms with van der Waals surface area (Å²) in [5, 5.41) is 9.27. The number of nitrogens with one attached hydrogen (secondary N) is 2. The highest BCUT2D eigenvalue weighted by Crippen LogP contribution is 2.33. The third-order valence-corrected chi connectivity index (χ3v) is 5.97. The molecule has 0 aliphatic heterocycles. The van der Waals surface area contributed by atoms with Gasteiger partial charge in [-0.15, -0.1) is 0 Å². The number of rotatable bonds is 8. The van der Waals surface area contributed by atoms with Crippen molar-refractivity contribution in [2.75, 3.05) is 10.3 Å². The third kappa shape index (κ3) is 5.71. The summed E-state index contributed by atoms with van der Waals surface area (Å²) in [5.74, 6) is 0. The lowest BCUT2D eigenvalue weighted by atomic mass is 10.0. The molecule has 1 aliphatic rings. The van der Waals surface area contributed by atoms with E-state index >= 15 is 0 Å². The van der Waals surface area contributed by atoms with E-state index in [1.807, 2.05) is 25.1 Å². The van der Waals surface area contributed by atoms with Gasteiger partial charge in [-0.05, 0) is 62.9 Å². The predicted octanol–water partition coefficient (Wildman–Crippen LogP) is 5.66. The summed E-state index contributed by atoms with van der Waals surface area (Å²) in [6.45, 7) is 4.76. The molecule has 1 aromatic carbocycles. The zero-order chi connectivity index (χ0) is 23.4. The second-order valence-corrected chi connectivity index (χ2v) is 8.94. The van der Waals surface area contributed by atoms with Gasteiger partial charge in [-0.1, -0.05) is 25.0 Å². The molecule has 1 saturated carbocycles. The Labute approximate surface area is 187 Å². The number of aryl methyl sites for hydroxylation is 1. The zero-order valence-electron chi connectivity index (χ0n) is 18.8. The van der Waals surface area contributed by atoms with Gasteiger partial charge in [-0.25, -0.2) is 5.43 Å². The van der Waals surface area contributed by atoms with Gasteiger partial charge < -0.3 is 10.3 Å². The largest absolute Gasteiger partial charge is 0.407 e. The van der Waals surface area contributed by atoms with Crippen LogP contribution >= 0.6 is 0 Å². The van der Waals surface area contributed by atoms with Gasteiger partial charge in [0.2, 0.25) is 0 Å². The molecule has 1 aromatic heterocycles. The number of nitrogens with zero attached hydrogens (tertiary/aromatic N) is 3. The number of anilines is 2. The second-order valence-electron chi connectivity index (χ2n) is 8.94. The van der Waals surface area contributed by atoms with Gasteiger partial charge in [0, 0.05) is 11.7 Å². The molecule has 0 unspecified atom stereocenters. The summed E-state index contributed by atoms with van der Waals surface area (Å²) in [5.41, 5.74) is 7.33. The van der Waals surface area contributed by atoms with Crippen molar-refractivity contribution >= 4 is 11.4 Å². The van der Waals surface area contributed by atoms with Gasteiger partial charge in [-0.2, -0.15) is 18.4 Å². The summed E-state index contributed by atoms with van der Waals surface area (Å²) >= 11 is 0. The first-order valence-corrected chi connectivity index (χ1v) is 10.9. The highest BCUT2D eigenvalue weighted by Gasteiger charge is 2.47. The molecular formula is C24H30F3N5. The van der Waals surface area contributed by atoms with E-state index in [0.29, 0.717) is 24.7 Å². The molecule has 0 radical (unpaired) electrons. The number of alkyl halides is 3. The predicted molar refractivity (Wildman–Crippen MR) is 120 cm³/mol. The normalized spacial score (nSPS) is 14.9. The van der Waals surface area contributed by atoms with E-state index in [2.05, 4.69) is 32.9 Å². The summed E-state index contributed by atoms with van der Waals surface area (Å²) in [6.07, 6.45) is 2.04. The fourth-order valence-electron chi connectivity index (χ4n) is 3.87. The lowest BCUT2D eigenvalue weighted by Gasteiger charge is -2.33. The van der Waals surface area contributed by atoms with Crippen LogP contribution in [-0.2, 0) is 13.0 Å². The summed E-state index contributed by atoms with van der Waals surface area (Å²) < 4.78 is 39.1. The highest BCUT2D eigenvalue weighted by atomic mass is 19.4. The number of benzene rings is 1. The molecule has 1 aliphatic carbocycles. The van der Waals surface area contributed by atoms with Crippen molar-refractivity contribution in [2.45, 2.75) is 77.2 Å². The average molecular weight is 446 g/mol. The lowest BCUT2D eigenvalue weighted by molar-refractivity contribution is -0.184. The number of halogens is 3. The van der Waals surface area contributed by atoms with Gasteiger partial charge in [0.1, 0.15) is 5.54 Å². The lowest BCUT2D eigenvalue weighted by Crippen LogP contribution is -2.54. The molecule has 0 spiro atoms. The van der Waals surface area contributed by atoms with E-state index in [1.165, 1.54) is 19.0 Å². The Morgan fingerprint density at radius 3 is 2.47 bits per heavy atom. The number of hydrogen-bond acceptors (Lipinski definition) is 5. The van der Waals surface area contributed by atoms with Crippen molar-refractivity contribution in [3.05, 3.63) is 53.3 Å². The molecule has 8 heteroatoms. The Morgan fingerprint density at radius 2 is 1.88 bits per heavy atom. The summed E-state index contributed by atoms with van der Waals surface area (Å²) in [6, 6.07) is 12.4. The van der Waals surface area contributed by atoms with Crippen LogP contribution in [0.15, 0.2) is 36.5 Å². The molecular weight excluding hydrogens is 415 g/mol. The van der Waals surface area contributed by atoms with Gasteiger partial charge in [-0.3, -0.25) is 4.98 Å². The second kappa shape index (κ2) is 9.78. The molecule has 1 heterocycles. The Morgan fingerprint density at radius 1 is 1.16 bits per heavy atom. The first kappa shape index (κ1) is 23.9. The Kier molecular flexibility index (Phi) is 7.29. The van der Waals surface area contributed by atoms with Crippen molar-refractivity contribution in [1.82, 2.24) is 10.4 Å². The van der Waals surface area contributed by atoms with Crippen LogP contribution in [0.5, 0.6) is 0 Å². The average Bonchev–Trinajstić information content (AvgIpc) is 3.27. The molecule has 0 atom stereocenters. The van der Waals surface area contributed by atoms with Gasteiger partial charge >= 0.3 is 6.18 Å². The molecule has 2 aromatic rings. The van der Waals surface area contributed by atoms with Crippen LogP contribution < -0.4 is 15.8 Å². The topological polar surface area (TPSA) is 64.0 Å². The van der Waals surface area contributed by atoms with E-state index in [9.17, 15) is 18.4 Å². The molecule has 172 valence electrons. The monoisotopic (exact) mass is 445 g/mol. The van der Waals surface area contributed by atoms with E-state index in [1.54, 1.807) is 6.07 Å². The SMILES string of the molecule is Cc1ccc(CC#N)c(N(Cc2ccc(NNC(C)(C)C(F)(F)F)cn2)C2CCCC2)c1. The number of aromatic nitrogens is 1. The minimum atomic E-state index is -4.38. The highest BCUT2D eigenvalue weighted by molar-refractivity contribution is 5.57. The van der Waals surface area contributed by atoms with Crippen molar-refractivity contribution < 1.29 is 13.2 Å². The molecule has 3 rings (SSSR count). The summed E-state index contributed by atoms with van der Waals surface area (Å²) in [4.78, 5) is 6.83. The number of hydrogen-bond donors (Lipinski definition) is 2. The fraction of sp³-hybridized carbons (Fsp3) is 0.500.